The van der Waals surface area contributed by atoms with Crippen LogP contribution in [0, 0.1) is 0 Å². The van der Waals surface area contributed by atoms with Crippen LogP contribution in [-0.2, 0) is 6.61 Å². The molecular formula is C17H19NOS. The van der Waals surface area contributed by atoms with Gasteiger partial charge in [-0.3, -0.25) is 0 Å². The predicted octanol–water partition coefficient (Wildman–Crippen LogP) is 4.02. The molecule has 0 spiro atoms. The van der Waals surface area contributed by atoms with Gasteiger partial charge in [-0.1, -0.05) is 50.3 Å². The molecule has 0 aromatic heterocycles. The Balaban J connectivity index is 1.96. The lowest BCUT2D eigenvalue weighted by Gasteiger charge is -2.09. The normalized spacial score (nSPS) is 10.6. The lowest BCUT2D eigenvalue weighted by molar-refractivity contribution is 0.306. The lowest BCUT2D eigenvalue weighted by Crippen LogP contribution is -2.08. The highest BCUT2D eigenvalue weighted by molar-refractivity contribution is 7.80. The van der Waals surface area contributed by atoms with E-state index in [1.807, 2.05) is 24.3 Å². The van der Waals surface area contributed by atoms with Crippen LogP contribution in [-0.4, -0.2) is 4.99 Å². The van der Waals surface area contributed by atoms with Gasteiger partial charge in [-0.15, -0.1) is 0 Å². The van der Waals surface area contributed by atoms with Crippen LogP contribution in [0.3, 0.4) is 0 Å². The highest BCUT2D eigenvalue weighted by atomic mass is 32.1. The van der Waals surface area contributed by atoms with Crippen molar-refractivity contribution in [3.05, 3.63) is 65.2 Å². The van der Waals surface area contributed by atoms with Gasteiger partial charge in [0.1, 0.15) is 17.3 Å². The molecule has 2 aromatic carbocycles. The van der Waals surface area contributed by atoms with E-state index in [0.717, 1.165) is 16.9 Å². The zero-order valence-corrected chi connectivity index (χ0v) is 12.6. The third-order valence-corrected chi connectivity index (χ3v) is 3.43. The van der Waals surface area contributed by atoms with E-state index in [9.17, 15) is 0 Å². The van der Waals surface area contributed by atoms with Crippen molar-refractivity contribution in [3.63, 3.8) is 0 Å². The third-order valence-electron chi connectivity index (χ3n) is 3.19. The van der Waals surface area contributed by atoms with Crippen molar-refractivity contribution in [3.8, 4) is 5.75 Å². The average molecular weight is 285 g/mol. The molecule has 0 unspecified atom stereocenters. The number of benzene rings is 2. The minimum Gasteiger partial charge on any atom is -0.489 e. The summed E-state index contributed by atoms with van der Waals surface area (Å²) in [7, 11) is 0. The number of thiocarbonyl (C=S) groups is 1. The van der Waals surface area contributed by atoms with Crippen LogP contribution in [0.2, 0.25) is 0 Å². The van der Waals surface area contributed by atoms with Gasteiger partial charge in [0.15, 0.2) is 0 Å². The maximum absolute atomic E-state index is 5.74. The van der Waals surface area contributed by atoms with Crippen molar-refractivity contribution < 1.29 is 4.74 Å². The van der Waals surface area contributed by atoms with Crippen molar-refractivity contribution in [1.82, 2.24) is 0 Å². The molecule has 0 amide bonds. The zero-order chi connectivity index (χ0) is 14.5. The van der Waals surface area contributed by atoms with Crippen LogP contribution in [0.4, 0.5) is 0 Å². The van der Waals surface area contributed by atoms with E-state index >= 15 is 0 Å². The molecule has 0 radical (unpaired) electrons. The Bertz CT molecular complexity index is 573. The van der Waals surface area contributed by atoms with Gasteiger partial charge in [-0.2, -0.15) is 0 Å². The number of rotatable bonds is 5. The summed E-state index contributed by atoms with van der Waals surface area (Å²) in [5.41, 5.74) is 8.92. The summed E-state index contributed by atoms with van der Waals surface area (Å²) < 4.78 is 5.74. The molecule has 0 fully saturated rings. The molecule has 0 saturated heterocycles. The van der Waals surface area contributed by atoms with E-state index in [0.29, 0.717) is 17.5 Å². The van der Waals surface area contributed by atoms with E-state index in [1.54, 1.807) is 0 Å². The molecule has 0 heterocycles. The molecule has 0 bridgehead atoms. The predicted molar refractivity (Wildman–Crippen MR) is 87.2 cm³/mol. The number of hydrogen-bond donors (Lipinski definition) is 1. The van der Waals surface area contributed by atoms with Crippen molar-refractivity contribution >= 4 is 17.2 Å². The van der Waals surface area contributed by atoms with Gasteiger partial charge in [0.2, 0.25) is 0 Å². The second-order valence-corrected chi connectivity index (χ2v) is 5.51. The van der Waals surface area contributed by atoms with Gasteiger partial charge in [0.05, 0.1) is 0 Å². The Hall–Kier alpha value is -1.87. The Morgan fingerprint density at radius 1 is 1.05 bits per heavy atom. The van der Waals surface area contributed by atoms with Gasteiger partial charge in [-0.05, 0) is 41.3 Å². The molecule has 0 aliphatic rings. The Kier molecular flexibility index (Phi) is 4.74. The van der Waals surface area contributed by atoms with Crippen LogP contribution >= 0.6 is 12.2 Å². The van der Waals surface area contributed by atoms with Gasteiger partial charge < -0.3 is 10.5 Å². The first-order valence-corrected chi connectivity index (χ1v) is 7.08. The zero-order valence-electron chi connectivity index (χ0n) is 11.8. The molecule has 0 atom stereocenters. The van der Waals surface area contributed by atoms with Crippen molar-refractivity contribution in [2.45, 2.75) is 26.4 Å². The average Bonchev–Trinajstić information content (AvgIpc) is 2.46. The Morgan fingerprint density at radius 3 is 2.15 bits per heavy atom. The SMILES string of the molecule is CC(C)c1ccc(COc2ccc(C(N)=S)cc2)cc1. The highest BCUT2D eigenvalue weighted by Gasteiger charge is 2.01. The van der Waals surface area contributed by atoms with Crippen molar-refractivity contribution in [2.75, 3.05) is 0 Å². The fourth-order valence-corrected chi connectivity index (χ4v) is 2.02. The molecule has 2 nitrogen and oxygen atoms in total. The van der Waals surface area contributed by atoms with Crippen molar-refractivity contribution in [1.29, 1.82) is 0 Å². The number of ether oxygens (including phenoxy) is 1. The summed E-state index contributed by atoms with van der Waals surface area (Å²) in [6, 6.07) is 16.0. The molecule has 0 saturated carbocycles. The first kappa shape index (κ1) is 14.5. The monoisotopic (exact) mass is 285 g/mol. The topological polar surface area (TPSA) is 35.2 Å². The lowest BCUT2D eigenvalue weighted by atomic mass is 10.0. The molecule has 20 heavy (non-hydrogen) atoms. The second kappa shape index (κ2) is 6.53. The largest absolute Gasteiger partial charge is 0.489 e. The van der Waals surface area contributed by atoms with E-state index in [1.165, 1.54) is 5.56 Å². The summed E-state index contributed by atoms with van der Waals surface area (Å²) in [5.74, 6) is 1.37. The summed E-state index contributed by atoms with van der Waals surface area (Å²) in [5, 5.41) is 0. The van der Waals surface area contributed by atoms with Gasteiger partial charge in [-0.25, -0.2) is 0 Å². The molecular weight excluding hydrogens is 266 g/mol. The summed E-state index contributed by atoms with van der Waals surface area (Å²) in [6.07, 6.45) is 0. The molecule has 2 aromatic rings. The third kappa shape index (κ3) is 3.81. The van der Waals surface area contributed by atoms with Crippen LogP contribution in [0.15, 0.2) is 48.5 Å². The quantitative estimate of drug-likeness (QED) is 0.843. The first-order chi connectivity index (χ1) is 9.56. The van der Waals surface area contributed by atoms with Gasteiger partial charge in [0, 0.05) is 5.56 Å². The molecule has 0 aliphatic heterocycles. The van der Waals surface area contributed by atoms with E-state index in [-0.39, 0.29) is 0 Å². The van der Waals surface area contributed by atoms with E-state index in [2.05, 4.69) is 38.1 Å². The maximum atomic E-state index is 5.74. The Morgan fingerprint density at radius 2 is 1.65 bits per heavy atom. The van der Waals surface area contributed by atoms with Crippen LogP contribution in [0.25, 0.3) is 0 Å². The van der Waals surface area contributed by atoms with E-state index < -0.39 is 0 Å². The van der Waals surface area contributed by atoms with Crippen LogP contribution in [0.1, 0.15) is 36.5 Å². The second-order valence-electron chi connectivity index (χ2n) is 5.07. The fraction of sp³-hybridized carbons (Fsp3) is 0.235. The summed E-state index contributed by atoms with van der Waals surface area (Å²) in [4.78, 5) is 0.404. The molecule has 0 aliphatic carbocycles. The standard InChI is InChI=1S/C17H19NOS/c1-12(2)14-5-3-13(4-6-14)11-19-16-9-7-15(8-10-16)17(18)20/h3-10,12H,11H2,1-2H3,(H2,18,20). The number of hydrogen-bond acceptors (Lipinski definition) is 2. The minimum atomic E-state index is 0.404. The molecule has 104 valence electrons. The van der Waals surface area contributed by atoms with Gasteiger partial charge in [0.25, 0.3) is 0 Å². The Labute approximate surface area is 125 Å². The smallest absolute Gasteiger partial charge is 0.119 e. The summed E-state index contributed by atoms with van der Waals surface area (Å²) >= 11 is 4.92. The molecule has 2 rings (SSSR count). The van der Waals surface area contributed by atoms with Gasteiger partial charge >= 0.3 is 0 Å². The van der Waals surface area contributed by atoms with Crippen LogP contribution in [0.5, 0.6) is 5.75 Å². The van der Waals surface area contributed by atoms with Crippen molar-refractivity contribution in [2.24, 2.45) is 5.73 Å². The fourth-order valence-electron chi connectivity index (χ4n) is 1.88. The van der Waals surface area contributed by atoms with E-state index in [4.69, 9.17) is 22.7 Å². The summed E-state index contributed by atoms with van der Waals surface area (Å²) in [6.45, 7) is 4.94. The maximum Gasteiger partial charge on any atom is 0.119 e. The first-order valence-electron chi connectivity index (χ1n) is 6.68. The molecule has 2 N–H and O–H groups in total. The minimum absolute atomic E-state index is 0.404. The van der Waals surface area contributed by atoms with Crippen LogP contribution < -0.4 is 10.5 Å². The highest BCUT2D eigenvalue weighted by Crippen LogP contribution is 2.17. The number of nitrogens with two attached hydrogens (primary N) is 1. The molecule has 3 heteroatoms.